The summed E-state index contributed by atoms with van der Waals surface area (Å²) in [5.41, 5.74) is 1.29. The fraction of sp³-hybridized carbons (Fsp3) is 0.154. The fourth-order valence-corrected chi connectivity index (χ4v) is 3.24. The van der Waals surface area contributed by atoms with E-state index in [-0.39, 0.29) is 5.78 Å². The van der Waals surface area contributed by atoms with Gasteiger partial charge in [0.2, 0.25) is 0 Å². The van der Waals surface area contributed by atoms with Crippen LogP contribution in [0.2, 0.25) is 0 Å². The fourth-order valence-electron chi connectivity index (χ4n) is 1.78. The molecule has 0 saturated heterocycles. The van der Waals surface area contributed by atoms with Crippen LogP contribution in [0.25, 0.3) is 0 Å². The molecule has 0 N–H and O–H groups in total. The average molecular weight is 325 g/mol. The maximum Gasteiger partial charge on any atom is 0.195 e. The van der Waals surface area contributed by atoms with Crippen molar-refractivity contribution < 1.29 is 14.3 Å². The van der Waals surface area contributed by atoms with E-state index >= 15 is 0 Å². The van der Waals surface area contributed by atoms with Crippen LogP contribution >= 0.6 is 27.3 Å². The van der Waals surface area contributed by atoms with Crippen molar-refractivity contribution >= 4 is 33.0 Å². The highest BCUT2D eigenvalue weighted by Gasteiger charge is 2.17. The second-order valence-corrected chi connectivity index (χ2v) is 5.42. The number of carbonyl (C=O) groups is 1. The molecule has 5 heteroatoms. The molecular weight excluding hydrogens is 316 g/mol. The molecule has 92 valence electrons. The molecular formula is C13H9BrO3S. The summed E-state index contributed by atoms with van der Waals surface area (Å²) >= 11 is 4.87. The Hall–Kier alpha value is -1.33. The SMILES string of the molecule is O=C(c1ccc2c(c1)OCCO2)c1cscc1Br. The van der Waals surface area contributed by atoms with E-state index in [9.17, 15) is 4.79 Å². The Morgan fingerprint density at radius 2 is 1.94 bits per heavy atom. The van der Waals surface area contributed by atoms with E-state index in [0.717, 1.165) is 4.47 Å². The lowest BCUT2D eigenvalue weighted by Crippen LogP contribution is -2.15. The number of ether oxygens (including phenoxy) is 2. The molecule has 0 spiro atoms. The van der Waals surface area contributed by atoms with Gasteiger partial charge >= 0.3 is 0 Å². The number of halogens is 1. The Bertz CT molecular complexity index is 606. The predicted molar refractivity (Wildman–Crippen MR) is 72.9 cm³/mol. The first-order valence-electron chi connectivity index (χ1n) is 5.42. The zero-order chi connectivity index (χ0) is 12.5. The number of thiophene rings is 1. The number of fused-ring (bicyclic) bond motifs is 1. The van der Waals surface area contributed by atoms with Gasteiger partial charge in [-0.3, -0.25) is 4.79 Å². The standard InChI is InChI=1S/C13H9BrO3S/c14-10-7-18-6-9(10)13(15)8-1-2-11-12(5-8)17-4-3-16-11/h1-2,5-7H,3-4H2. The lowest BCUT2D eigenvalue weighted by atomic mass is 10.1. The molecule has 3 rings (SSSR count). The van der Waals surface area contributed by atoms with Crippen molar-refractivity contribution in [1.82, 2.24) is 0 Å². The topological polar surface area (TPSA) is 35.5 Å². The van der Waals surface area contributed by atoms with Crippen molar-refractivity contribution in [3.8, 4) is 11.5 Å². The van der Waals surface area contributed by atoms with Gasteiger partial charge in [0.05, 0.1) is 0 Å². The monoisotopic (exact) mass is 324 g/mol. The molecule has 0 fully saturated rings. The van der Waals surface area contributed by atoms with Crippen LogP contribution in [0.1, 0.15) is 15.9 Å². The Labute approximate surface area is 116 Å². The summed E-state index contributed by atoms with van der Waals surface area (Å²) in [6.45, 7) is 1.07. The summed E-state index contributed by atoms with van der Waals surface area (Å²) in [7, 11) is 0. The van der Waals surface area contributed by atoms with E-state index in [4.69, 9.17) is 9.47 Å². The van der Waals surface area contributed by atoms with E-state index < -0.39 is 0 Å². The Balaban J connectivity index is 1.98. The van der Waals surface area contributed by atoms with Gasteiger partial charge in [-0.2, -0.15) is 11.3 Å². The van der Waals surface area contributed by atoms with E-state index in [2.05, 4.69) is 15.9 Å². The summed E-state index contributed by atoms with van der Waals surface area (Å²) in [6.07, 6.45) is 0. The Morgan fingerprint density at radius 1 is 1.17 bits per heavy atom. The Kier molecular flexibility index (Phi) is 3.09. The average Bonchev–Trinajstić information content (AvgIpc) is 2.83. The molecule has 3 nitrogen and oxygen atoms in total. The normalized spacial score (nSPS) is 13.4. The van der Waals surface area contributed by atoms with Crippen LogP contribution in [0, 0.1) is 0 Å². The van der Waals surface area contributed by atoms with Gasteiger partial charge in [0.1, 0.15) is 13.2 Å². The quantitative estimate of drug-likeness (QED) is 0.793. The van der Waals surface area contributed by atoms with Gasteiger partial charge in [-0.1, -0.05) is 0 Å². The van der Waals surface area contributed by atoms with Crippen LogP contribution in [0.15, 0.2) is 33.4 Å². The third-order valence-electron chi connectivity index (χ3n) is 2.66. The predicted octanol–water partition coefficient (Wildman–Crippen LogP) is 3.51. The van der Waals surface area contributed by atoms with Gasteiger partial charge in [-0.05, 0) is 34.1 Å². The molecule has 0 amide bonds. The zero-order valence-electron chi connectivity index (χ0n) is 9.31. The van der Waals surface area contributed by atoms with Crippen molar-refractivity contribution in [3.05, 3.63) is 44.6 Å². The van der Waals surface area contributed by atoms with Gasteiger partial charge in [-0.25, -0.2) is 0 Å². The molecule has 0 aliphatic carbocycles. The van der Waals surface area contributed by atoms with Gasteiger partial charge in [0, 0.05) is 26.4 Å². The van der Waals surface area contributed by atoms with Crippen LogP contribution in [0.5, 0.6) is 11.5 Å². The second-order valence-electron chi connectivity index (χ2n) is 3.82. The van der Waals surface area contributed by atoms with Crippen molar-refractivity contribution in [2.75, 3.05) is 13.2 Å². The molecule has 0 atom stereocenters. The third kappa shape index (κ3) is 2.04. The molecule has 18 heavy (non-hydrogen) atoms. The van der Waals surface area contributed by atoms with E-state index in [1.807, 2.05) is 10.8 Å². The molecule has 0 saturated carbocycles. The van der Waals surface area contributed by atoms with Crippen molar-refractivity contribution in [2.45, 2.75) is 0 Å². The minimum absolute atomic E-state index is 0.0138. The minimum Gasteiger partial charge on any atom is -0.486 e. The second kappa shape index (κ2) is 4.74. The van der Waals surface area contributed by atoms with Gasteiger partial charge in [0.15, 0.2) is 17.3 Å². The highest BCUT2D eigenvalue weighted by atomic mass is 79.9. The van der Waals surface area contributed by atoms with E-state index in [1.165, 1.54) is 11.3 Å². The van der Waals surface area contributed by atoms with Crippen molar-refractivity contribution in [3.63, 3.8) is 0 Å². The van der Waals surface area contributed by atoms with Gasteiger partial charge in [-0.15, -0.1) is 0 Å². The number of rotatable bonds is 2. The van der Waals surface area contributed by atoms with Crippen LogP contribution < -0.4 is 9.47 Å². The first kappa shape index (κ1) is 11.7. The summed E-state index contributed by atoms with van der Waals surface area (Å²) < 4.78 is 11.7. The van der Waals surface area contributed by atoms with E-state index in [1.54, 1.807) is 18.2 Å². The first-order chi connectivity index (χ1) is 8.75. The molecule has 0 unspecified atom stereocenters. The molecule has 0 radical (unpaired) electrons. The molecule has 1 aliphatic rings. The van der Waals surface area contributed by atoms with Crippen LogP contribution in [0.4, 0.5) is 0 Å². The number of hydrogen-bond acceptors (Lipinski definition) is 4. The van der Waals surface area contributed by atoms with Crippen LogP contribution in [0.3, 0.4) is 0 Å². The van der Waals surface area contributed by atoms with Gasteiger partial charge in [0.25, 0.3) is 0 Å². The molecule has 1 aromatic carbocycles. The van der Waals surface area contributed by atoms with Crippen molar-refractivity contribution in [2.24, 2.45) is 0 Å². The summed E-state index contributed by atoms with van der Waals surface area (Å²) in [6, 6.07) is 5.28. The lowest BCUT2D eigenvalue weighted by molar-refractivity contribution is 0.103. The maximum absolute atomic E-state index is 12.3. The van der Waals surface area contributed by atoms with Crippen LogP contribution in [-0.4, -0.2) is 19.0 Å². The lowest BCUT2D eigenvalue weighted by Gasteiger charge is -2.18. The molecule has 0 bridgehead atoms. The minimum atomic E-state index is -0.0138. The van der Waals surface area contributed by atoms with E-state index in [0.29, 0.717) is 35.8 Å². The Morgan fingerprint density at radius 3 is 2.67 bits per heavy atom. The number of ketones is 1. The zero-order valence-corrected chi connectivity index (χ0v) is 11.7. The number of benzene rings is 1. The maximum atomic E-state index is 12.3. The highest BCUT2D eigenvalue weighted by Crippen LogP contribution is 2.32. The molecule has 1 aliphatic heterocycles. The summed E-state index contributed by atoms with van der Waals surface area (Å²) in [4.78, 5) is 12.3. The number of carbonyl (C=O) groups excluding carboxylic acids is 1. The first-order valence-corrected chi connectivity index (χ1v) is 7.15. The summed E-state index contributed by atoms with van der Waals surface area (Å²) in [5, 5.41) is 3.73. The summed E-state index contributed by atoms with van der Waals surface area (Å²) in [5.74, 6) is 1.32. The van der Waals surface area contributed by atoms with Crippen molar-refractivity contribution in [1.29, 1.82) is 0 Å². The highest BCUT2D eigenvalue weighted by molar-refractivity contribution is 9.10. The molecule has 1 aromatic heterocycles. The molecule has 2 aromatic rings. The number of hydrogen-bond donors (Lipinski definition) is 0. The molecule has 2 heterocycles. The van der Waals surface area contributed by atoms with Crippen LogP contribution in [-0.2, 0) is 0 Å². The third-order valence-corrected chi connectivity index (χ3v) is 4.37. The largest absolute Gasteiger partial charge is 0.486 e. The van der Waals surface area contributed by atoms with Gasteiger partial charge < -0.3 is 9.47 Å². The smallest absolute Gasteiger partial charge is 0.195 e.